The van der Waals surface area contributed by atoms with Gasteiger partial charge in [-0.25, -0.2) is 4.79 Å². The number of esters is 1. The molecule has 0 amide bonds. The number of fused-ring (bicyclic) bond motifs is 1. The molecule has 0 saturated heterocycles. The Hall–Kier alpha value is -0.790. The van der Waals surface area contributed by atoms with Gasteiger partial charge < -0.3 is 4.74 Å². The molecule has 0 aromatic rings. The minimum Gasteiger partial charge on any atom is -0.466 e. The summed E-state index contributed by atoms with van der Waals surface area (Å²) in [7, 11) is 1.44. The molecule has 66 valence electrons. The second-order valence-corrected chi connectivity index (χ2v) is 3.66. The summed E-state index contributed by atoms with van der Waals surface area (Å²) in [5.74, 6) is 1.29. The number of ether oxygens (including phenoxy) is 1. The molecule has 2 atom stereocenters. The minimum absolute atomic E-state index is 0.181. The van der Waals surface area contributed by atoms with E-state index < -0.39 is 0 Å². The van der Waals surface area contributed by atoms with Gasteiger partial charge in [0.05, 0.1) is 7.11 Å². The van der Waals surface area contributed by atoms with Crippen LogP contribution in [-0.4, -0.2) is 13.1 Å². The summed E-state index contributed by atoms with van der Waals surface area (Å²) in [6.07, 6.45) is 6.93. The van der Waals surface area contributed by atoms with E-state index in [4.69, 9.17) is 0 Å². The quantitative estimate of drug-likeness (QED) is 0.439. The number of hydrogen-bond acceptors (Lipinski definition) is 2. The van der Waals surface area contributed by atoms with Gasteiger partial charge in [-0.2, -0.15) is 0 Å². The van der Waals surface area contributed by atoms with Gasteiger partial charge in [0.1, 0.15) is 0 Å². The molecule has 2 nitrogen and oxygen atoms in total. The van der Waals surface area contributed by atoms with Crippen molar-refractivity contribution < 1.29 is 9.53 Å². The fraction of sp³-hybridized carbons (Fsp3) is 0.700. The van der Waals surface area contributed by atoms with Gasteiger partial charge in [0.15, 0.2) is 0 Å². The molecule has 0 N–H and O–H groups in total. The molecule has 2 fully saturated rings. The average molecular weight is 166 g/mol. The van der Waals surface area contributed by atoms with Gasteiger partial charge in [0, 0.05) is 6.08 Å². The SMILES string of the molecule is COC(=O)C=C1[C@H]2CCCC[C@@H]12. The molecular weight excluding hydrogens is 152 g/mol. The highest BCUT2D eigenvalue weighted by Gasteiger charge is 2.45. The third-order valence-electron chi connectivity index (χ3n) is 3.00. The van der Waals surface area contributed by atoms with Crippen LogP contribution in [0.15, 0.2) is 11.6 Å². The van der Waals surface area contributed by atoms with Crippen molar-refractivity contribution in [3.63, 3.8) is 0 Å². The molecule has 12 heavy (non-hydrogen) atoms. The largest absolute Gasteiger partial charge is 0.466 e. The Balaban J connectivity index is 1.99. The zero-order valence-electron chi connectivity index (χ0n) is 7.38. The Morgan fingerprint density at radius 3 is 2.50 bits per heavy atom. The lowest BCUT2D eigenvalue weighted by Gasteiger charge is -2.04. The summed E-state index contributed by atoms with van der Waals surface area (Å²) in [6, 6.07) is 0. The number of carbonyl (C=O) groups excluding carboxylic acids is 1. The minimum atomic E-state index is -0.181. The molecule has 2 aliphatic carbocycles. The maximum absolute atomic E-state index is 10.9. The van der Waals surface area contributed by atoms with Crippen molar-refractivity contribution in [1.82, 2.24) is 0 Å². The molecule has 2 aliphatic rings. The average Bonchev–Trinajstić information content (AvgIpc) is 2.80. The Bertz CT molecular complexity index is 216. The van der Waals surface area contributed by atoms with E-state index in [0.29, 0.717) is 0 Å². The number of rotatable bonds is 1. The van der Waals surface area contributed by atoms with Crippen molar-refractivity contribution >= 4 is 5.97 Å². The summed E-state index contributed by atoms with van der Waals surface area (Å²) in [5, 5.41) is 0. The highest BCUT2D eigenvalue weighted by molar-refractivity contribution is 5.83. The molecule has 2 heteroatoms. The third-order valence-corrected chi connectivity index (χ3v) is 3.00. The Morgan fingerprint density at radius 1 is 1.42 bits per heavy atom. The van der Waals surface area contributed by atoms with Gasteiger partial charge >= 0.3 is 5.97 Å². The van der Waals surface area contributed by atoms with Crippen LogP contribution in [0.4, 0.5) is 0 Å². The normalized spacial score (nSPS) is 35.9. The number of methoxy groups -OCH3 is 1. The van der Waals surface area contributed by atoms with Crippen molar-refractivity contribution in [2.75, 3.05) is 7.11 Å². The first-order valence-corrected chi connectivity index (χ1v) is 4.62. The van der Waals surface area contributed by atoms with E-state index in [0.717, 1.165) is 11.8 Å². The zero-order valence-corrected chi connectivity index (χ0v) is 7.38. The summed E-state index contributed by atoms with van der Waals surface area (Å²) < 4.78 is 4.59. The fourth-order valence-electron chi connectivity index (χ4n) is 2.28. The lowest BCUT2D eigenvalue weighted by molar-refractivity contribution is -0.134. The molecule has 0 unspecified atom stereocenters. The van der Waals surface area contributed by atoms with Crippen LogP contribution in [0, 0.1) is 11.8 Å². The van der Waals surface area contributed by atoms with Gasteiger partial charge in [-0.3, -0.25) is 0 Å². The maximum Gasteiger partial charge on any atom is 0.330 e. The van der Waals surface area contributed by atoms with Crippen molar-refractivity contribution in [1.29, 1.82) is 0 Å². The van der Waals surface area contributed by atoms with E-state index in [-0.39, 0.29) is 5.97 Å². The van der Waals surface area contributed by atoms with Crippen LogP contribution in [0.3, 0.4) is 0 Å². The topological polar surface area (TPSA) is 26.3 Å². The third kappa shape index (κ3) is 1.26. The van der Waals surface area contributed by atoms with E-state index in [1.165, 1.54) is 38.4 Å². The first-order chi connectivity index (χ1) is 5.83. The Labute approximate surface area is 72.6 Å². The van der Waals surface area contributed by atoms with Crippen LogP contribution in [0.1, 0.15) is 25.7 Å². The van der Waals surface area contributed by atoms with Crippen LogP contribution in [0.2, 0.25) is 0 Å². The smallest absolute Gasteiger partial charge is 0.330 e. The zero-order chi connectivity index (χ0) is 8.55. The summed E-state index contributed by atoms with van der Waals surface area (Å²) in [4.78, 5) is 10.9. The maximum atomic E-state index is 10.9. The number of allylic oxidation sites excluding steroid dienone is 1. The van der Waals surface area contributed by atoms with Crippen molar-refractivity contribution in [3.8, 4) is 0 Å². The van der Waals surface area contributed by atoms with E-state index in [2.05, 4.69) is 4.74 Å². The molecule has 0 spiro atoms. The van der Waals surface area contributed by atoms with Crippen LogP contribution < -0.4 is 0 Å². The van der Waals surface area contributed by atoms with E-state index in [1.807, 2.05) is 0 Å². The summed E-state index contributed by atoms with van der Waals surface area (Å²) in [5.41, 5.74) is 1.35. The predicted octanol–water partition coefficient (Wildman–Crippen LogP) is 1.91. The van der Waals surface area contributed by atoms with E-state index in [9.17, 15) is 4.79 Å². The molecule has 0 aromatic heterocycles. The highest BCUT2D eigenvalue weighted by atomic mass is 16.5. The molecule has 0 aromatic carbocycles. The molecule has 0 aliphatic heterocycles. The van der Waals surface area contributed by atoms with Crippen molar-refractivity contribution in [3.05, 3.63) is 11.6 Å². The van der Waals surface area contributed by atoms with Gasteiger partial charge in [-0.05, 0) is 24.7 Å². The van der Waals surface area contributed by atoms with Crippen molar-refractivity contribution in [2.24, 2.45) is 11.8 Å². The Kier molecular flexibility index (Phi) is 1.91. The van der Waals surface area contributed by atoms with Gasteiger partial charge in [-0.1, -0.05) is 18.4 Å². The monoisotopic (exact) mass is 166 g/mol. The highest BCUT2D eigenvalue weighted by Crippen LogP contribution is 2.54. The number of hydrogen-bond donors (Lipinski definition) is 0. The van der Waals surface area contributed by atoms with Gasteiger partial charge in [-0.15, -0.1) is 0 Å². The first kappa shape index (κ1) is 7.84. The van der Waals surface area contributed by atoms with E-state index >= 15 is 0 Å². The first-order valence-electron chi connectivity index (χ1n) is 4.62. The fourth-order valence-corrected chi connectivity index (χ4v) is 2.28. The number of carbonyl (C=O) groups is 1. The Morgan fingerprint density at radius 2 is 2.00 bits per heavy atom. The lowest BCUT2D eigenvalue weighted by atomic mass is 10.0. The standard InChI is InChI=1S/C10H14O2/c1-12-10(11)6-9-7-4-2-3-5-8(7)9/h6-8H,2-5H2,1H3/t7-,8+. The molecule has 2 rings (SSSR count). The summed E-state index contributed by atoms with van der Waals surface area (Å²) in [6.45, 7) is 0. The molecule has 0 heterocycles. The van der Waals surface area contributed by atoms with Crippen LogP contribution in [0.5, 0.6) is 0 Å². The van der Waals surface area contributed by atoms with Gasteiger partial charge in [0.2, 0.25) is 0 Å². The predicted molar refractivity (Wildman–Crippen MR) is 45.5 cm³/mol. The van der Waals surface area contributed by atoms with Gasteiger partial charge in [0.25, 0.3) is 0 Å². The van der Waals surface area contributed by atoms with Crippen LogP contribution >= 0.6 is 0 Å². The second kappa shape index (κ2) is 2.92. The molecule has 0 radical (unpaired) electrons. The summed E-state index contributed by atoms with van der Waals surface area (Å²) >= 11 is 0. The van der Waals surface area contributed by atoms with Crippen molar-refractivity contribution in [2.45, 2.75) is 25.7 Å². The molecular formula is C10H14O2. The second-order valence-electron chi connectivity index (χ2n) is 3.66. The lowest BCUT2D eigenvalue weighted by Crippen LogP contribution is -1.93. The van der Waals surface area contributed by atoms with Crippen LogP contribution in [0.25, 0.3) is 0 Å². The molecule has 2 saturated carbocycles. The van der Waals surface area contributed by atoms with Crippen LogP contribution in [-0.2, 0) is 9.53 Å². The molecule has 0 bridgehead atoms. The van der Waals surface area contributed by atoms with E-state index in [1.54, 1.807) is 6.08 Å².